The van der Waals surface area contributed by atoms with Gasteiger partial charge >= 0.3 is 0 Å². The fraction of sp³-hybridized carbons (Fsp3) is 0.500. The molecule has 0 radical (unpaired) electrons. The number of rotatable bonds is 7. The second kappa shape index (κ2) is 9.90. The quantitative estimate of drug-likeness (QED) is 0.420. The highest BCUT2D eigenvalue weighted by Crippen LogP contribution is 2.16. The largest absolute Gasteiger partial charge is 0.357 e. The molecule has 1 fully saturated rings. The highest BCUT2D eigenvalue weighted by Gasteiger charge is 2.27. The molecule has 9 nitrogen and oxygen atoms in total. The summed E-state index contributed by atoms with van der Waals surface area (Å²) in [7, 11) is 1.84. The summed E-state index contributed by atoms with van der Waals surface area (Å²) in [6.45, 7) is 5.72. The van der Waals surface area contributed by atoms with Crippen LogP contribution in [0.1, 0.15) is 19.8 Å². The Hall–Kier alpha value is -3.10. The van der Waals surface area contributed by atoms with Crippen LogP contribution in [0.3, 0.4) is 0 Å². The van der Waals surface area contributed by atoms with E-state index in [1.54, 1.807) is 32.5 Å². The predicted octanol–water partition coefficient (Wildman–Crippen LogP) is 0.676. The number of nitrogens with one attached hydrogen (secondary N) is 1. The van der Waals surface area contributed by atoms with Crippen LogP contribution in [0.4, 0.5) is 5.69 Å². The molecule has 0 saturated carbocycles. The number of anilines is 1. The van der Waals surface area contributed by atoms with Gasteiger partial charge < -0.3 is 19.7 Å². The van der Waals surface area contributed by atoms with Gasteiger partial charge in [-0.3, -0.25) is 19.3 Å². The summed E-state index contributed by atoms with van der Waals surface area (Å²) in [5, 5.41) is 7.43. The molecule has 29 heavy (non-hydrogen) atoms. The zero-order valence-electron chi connectivity index (χ0n) is 17.1. The van der Waals surface area contributed by atoms with E-state index in [1.807, 2.05) is 37.3 Å². The number of aromatic nitrogens is 3. The van der Waals surface area contributed by atoms with E-state index in [0.29, 0.717) is 32.7 Å². The molecule has 1 saturated heterocycles. The summed E-state index contributed by atoms with van der Waals surface area (Å²) in [4.78, 5) is 32.8. The lowest BCUT2D eigenvalue weighted by Crippen LogP contribution is -2.55. The molecule has 1 N–H and O–H groups in total. The summed E-state index contributed by atoms with van der Waals surface area (Å²) in [6.07, 6.45) is 7.12. The van der Waals surface area contributed by atoms with E-state index in [1.165, 1.54) is 0 Å². The van der Waals surface area contributed by atoms with Crippen LogP contribution in [0.25, 0.3) is 0 Å². The van der Waals surface area contributed by atoms with E-state index < -0.39 is 0 Å². The van der Waals surface area contributed by atoms with Gasteiger partial charge in [-0.15, -0.1) is 0 Å². The fourth-order valence-electron chi connectivity index (χ4n) is 3.32. The minimum atomic E-state index is 0.0225. The predicted molar refractivity (Wildman–Crippen MR) is 113 cm³/mol. The van der Waals surface area contributed by atoms with Gasteiger partial charge in [0.1, 0.15) is 6.54 Å². The Kier molecular flexibility index (Phi) is 7.04. The zero-order chi connectivity index (χ0) is 20.6. The number of carbonyl (C=O) groups excluding carboxylic acids is 1. The first-order valence-electron chi connectivity index (χ1n) is 10.1. The highest BCUT2D eigenvalue weighted by atomic mass is 16.2. The van der Waals surface area contributed by atoms with Crippen molar-refractivity contribution in [3.63, 3.8) is 0 Å². The molecular weight excluding hydrogens is 370 g/mol. The second-order valence-electron chi connectivity index (χ2n) is 7.01. The van der Waals surface area contributed by atoms with Crippen LogP contribution in [0.15, 0.2) is 46.6 Å². The summed E-state index contributed by atoms with van der Waals surface area (Å²) in [5.41, 5.74) is 0.851. The summed E-state index contributed by atoms with van der Waals surface area (Å²) >= 11 is 0. The molecule has 1 aliphatic rings. The van der Waals surface area contributed by atoms with Crippen molar-refractivity contribution in [1.82, 2.24) is 24.6 Å². The number of amides is 1. The number of aliphatic imine (C=N–C) groups is 1. The average molecular weight is 399 g/mol. The van der Waals surface area contributed by atoms with Gasteiger partial charge in [-0.1, -0.05) is 6.07 Å². The Bertz CT molecular complexity index is 902. The van der Waals surface area contributed by atoms with Crippen LogP contribution < -0.4 is 15.8 Å². The Morgan fingerprint density at radius 3 is 2.79 bits per heavy atom. The number of guanidine groups is 1. The molecular formula is C20H29N7O2. The molecule has 1 amide bonds. The molecule has 1 aliphatic heterocycles. The Balaban J connectivity index is 1.52. The van der Waals surface area contributed by atoms with E-state index >= 15 is 0 Å². The third kappa shape index (κ3) is 5.46. The maximum absolute atomic E-state index is 12.6. The molecule has 0 spiro atoms. The minimum Gasteiger partial charge on any atom is -0.357 e. The molecule has 3 heterocycles. The normalized spacial score (nSPS) is 15.1. The number of piperazine rings is 1. The lowest BCUT2D eigenvalue weighted by atomic mass is 10.3. The number of unbranched alkanes of at least 4 members (excludes halogenated alkanes) is 1. The molecule has 0 unspecified atom stereocenters. The van der Waals surface area contributed by atoms with E-state index in [0.717, 1.165) is 31.0 Å². The van der Waals surface area contributed by atoms with Gasteiger partial charge in [0.15, 0.2) is 5.96 Å². The van der Waals surface area contributed by atoms with Crippen LogP contribution in [-0.4, -0.2) is 63.8 Å². The average Bonchev–Trinajstić information content (AvgIpc) is 3.14. The van der Waals surface area contributed by atoms with Crippen molar-refractivity contribution in [3.8, 4) is 0 Å². The second-order valence-corrected chi connectivity index (χ2v) is 7.01. The number of hydrogen-bond donors (Lipinski definition) is 1. The van der Waals surface area contributed by atoms with Crippen molar-refractivity contribution >= 4 is 17.6 Å². The minimum absolute atomic E-state index is 0.0225. The van der Waals surface area contributed by atoms with Gasteiger partial charge in [-0.2, -0.15) is 5.10 Å². The van der Waals surface area contributed by atoms with Crippen molar-refractivity contribution in [1.29, 1.82) is 0 Å². The molecule has 0 aromatic carbocycles. The molecule has 0 aliphatic carbocycles. The molecule has 3 rings (SSSR count). The highest BCUT2D eigenvalue weighted by molar-refractivity contribution is 5.98. The van der Waals surface area contributed by atoms with Gasteiger partial charge in [-0.25, -0.2) is 0 Å². The Labute approximate surface area is 170 Å². The molecule has 0 atom stereocenters. The van der Waals surface area contributed by atoms with Crippen molar-refractivity contribution in [3.05, 3.63) is 47.1 Å². The van der Waals surface area contributed by atoms with Crippen molar-refractivity contribution < 1.29 is 4.79 Å². The van der Waals surface area contributed by atoms with E-state index in [9.17, 15) is 9.59 Å². The van der Waals surface area contributed by atoms with Crippen LogP contribution in [0.2, 0.25) is 0 Å². The maximum atomic E-state index is 12.6. The Morgan fingerprint density at radius 1 is 1.24 bits per heavy atom. The monoisotopic (exact) mass is 399 g/mol. The number of pyridine rings is 1. The van der Waals surface area contributed by atoms with Crippen LogP contribution >= 0.6 is 0 Å². The molecule has 2 aromatic rings. The number of aryl methyl sites for hydroxylation is 2. The molecule has 156 valence electrons. The molecule has 0 bridgehead atoms. The van der Waals surface area contributed by atoms with Crippen molar-refractivity contribution in [2.24, 2.45) is 12.0 Å². The summed E-state index contributed by atoms with van der Waals surface area (Å²) in [5.74, 6) is 0.807. The van der Waals surface area contributed by atoms with Gasteiger partial charge in [0.05, 0.1) is 11.9 Å². The van der Waals surface area contributed by atoms with E-state index in [4.69, 9.17) is 0 Å². The van der Waals surface area contributed by atoms with Crippen LogP contribution in [0, 0.1) is 0 Å². The zero-order valence-corrected chi connectivity index (χ0v) is 17.1. The van der Waals surface area contributed by atoms with Crippen molar-refractivity contribution in [2.45, 2.75) is 26.3 Å². The topological polar surface area (TPSA) is 87.8 Å². The lowest BCUT2D eigenvalue weighted by molar-refractivity contribution is -0.120. The molecule has 9 heteroatoms. The van der Waals surface area contributed by atoms with Crippen LogP contribution in [0.5, 0.6) is 0 Å². The molecule has 2 aromatic heterocycles. The third-order valence-electron chi connectivity index (χ3n) is 4.83. The van der Waals surface area contributed by atoms with Crippen molar-refractivity contribution in [2.75, 3.05) is 37.6 Å². The van der Waals surface area contributed by atoms with Gasteiger partial charge in [0, 0.05) is 58.2 Å². The number of nitrogens with zero attached hydrogens (tertiary/aromatic N) is 6. The fourth-order valence-corrected chi connectivity index (χ4v) is 3.32. The maximum Gasteiger partial charge on any atom is 0.250 e. The summed E-state index contributed by atoms with van der Waals surface area (Å²) < 4.78 is 3.41. The first kappa shape index (κ1) is 20.6. The van der Waals surface area contributed by atoms with Gasteiger partial charge in [-0.05, 0) is 25.8 Å². The van der Waals surface area contributed by atoms with Gasteiger partial charge in [0.2, 0.25) is 11.5 Å². The Morgan fingerprint density at radius 2 is 2.10 bits per heavy atom. The van der Waals surface area contributed by atoms with E-state index in [-0.39, 0.29) is 11.5 Å². The first-order valence-corrected chi connectivity index (χ1v) is 10.1. The first-order chi connectivity index (χ1) is 14.1. The smallest absolute Gasteiger partial charge is 0.250 e. The van der Waals surface area contributed by atoms with E-state index in [2.05, 4.69) is 15.4 Å². The standard InChI is InChI=1S/C20H29N7O2/c1-3-21-20(22-9-5-7-11-25-10-6-4-8-18(25)28)26-12-13-27(19(29)16-26)17-14-23-24(2)15-17/h4,6,8,10,14-15H,3,5,7,9,11-13,16H2,1-2H3,(H,21,22). The number of carbonyl (C=O) groups is 1. The number of hydrogen-bond acceptors (Lipinski definition) is 4. The third-order valence-corrected chi connectivity index (χ3v) is 4.83. The van der Waals surface area contributed by atoms with Crippen LogP contribution in [-0.2, 0) is 18.4 Å². The van der Waals surface area contributed by atoms with Gasteiger partial charge in [0.25, 0.3) is 0 Å². The SMILES string of the molecule is CCNC(=NCCCCn1ccccc1=O)N1CCN(c2cnn(C)c2)C(=O)C1. The lowest BCUT2D eigenvalue weighted by Gasteiger charge is -2.35. The summed E-state index contributed by atoms with van der Waals surface area (Å²) in [6, 6.07) is 5.19.